The van der Waals surface area contributed by atoms with E-state index in [4.69, 9.17) is 11.6 Å². The second-order valence-electron chi connectivity index (χ2n) is 3.53. The molecular formula is C11H14Cl2N2. The van der Waals surface area contributed by atoms with E-state index in [2.05, 4.69) is 16.9 Å². The molecular weight excluding hydrogens is 231 g/mol. The molecule has 1 aromatic rings. The highest BCUT2D eigenvalue weighted by Gasteiger charge is 2.13. The third-order valence-electron chi connectivity index (χ3n) is 2.42. The van der Waals surface area contributed by atoms with E-state index in [9.17, 15) is 0 Å². The maximum atomic E-state index is 5.80. The number of likely N-dealkylation sites (tertiary alicyclic amines) is 1. The molecule has 1 heterocycles. The summed E-state index contributed by atoms with van der Waals surface area (Å²) in [5.74, 6) is 1.17. The maximum Gasteiger partial charge on any atom is 0.105 e. The maximum absolute atomic E-state index is 5.80. The zero-order valence-corrected chi connectivity index (χ0v) is 10.2. The molecule has 1 aliphatic heterocycles. The van der Waals surface area contributed by atoms with Crippen LogP contribution in [0.1, 0.15) is 12.8 Å². The molecule has 0 aromatic heterocycles. The first-order valence-electron chi connectivity index (χ1n) is 4.80. The summed E-state index contributed by atoms with van der Waals surface area (Å²) in [7, 11) is 2.09. The largest absolute Gasteiger partial charge is 0.363 e. The van der Waals surface area contributed by atoms with E-state index in [1.807, 2.05) is 24.3 Å². The van der Waals surface area contributed by atoms with Crippen molar-refractivity contribution in [1.29, 1.82) is 0 Å². The van der Waals surface area contributed by atoms with Crippen LogP contribution in [0.15, 0.2) is 29.3 Å². The van der Waals surface area contributed by atoms with Gasteiger partial charge in [-0.3, -0.25) is 0 Å². The quantitative estimate of drug-likeness (QED) is 0.739. The minimum absolute atomic E-state index is 0. The molecule has 82 valence electrons. The first-order valence-corrected chi connectivity index (χ1v) is 5.18. The number of halogens is 2. The van der Waals surface area contributed by atoms with Crippen LogP contribution >= 0.6 is 24.0 Å². The number of hydrogen-bond donors (Lipinski definition) is 0. The summed E-state index contributed by atoms with van der Waals surface area (Å²) in [5, 5.41) is 0.758. The van der Waals surface area contributed by atoms with Crippen LogP contribution in [-0.2, 0) is 0 Å². The molecule has 0 N–H and O–H groups in total. The highest BCUT2D eigenvalue weighted by atomic mass is 35.5. The minimum atomic E-state index is 0. The number of hydrogen-bond acceptors (Lipinski definition) is 1. The van der Waals surface area contributed by atoms with Crippen LogP contribution in [0.4, 0.5) is 5.69 Å². The van der Waals surface area contributed by atoms with E-state index < -0.39 is 0 Å². The van der Waals surface area contributed by atoms with Crippen molar-refractivity contribution in [3.63, 3.8) is 0 Å². The lowest BCUT2D eigenvalue weighted by molar-refractivity contribution is 0.550. The van der Waals surface area contributed by atoms with Crippen molar-refractivity contribution in [2.75, 3.05) is 13.6 Å². The van der Waals surface area contributed by atoms with Gasteiger partial charge in [0.05, 0.1) is 5.69 Å². The molecule has 1 aromatic carbocycles. The molecule has 0 unspecified atom stereocenters. The fraction of sp³-hybridized carbons (Fsp3) is 0.364. The van der Waals surface area contributed by atoms with Gasteiger partial charge in [0, 0.05) is 25.0 Å². The Kier molecular flexibility index (Phi) is 4.43. The summed E-state index contributed by atoms with van der Waals surface area (Å²) in [5.41, 5.74) is 0.984. The molecule has 0 atom stereocenters. The third-order valence-corrected chi connectivity index (χ3v) is 2.67. The van der Waals surface area contributed by atoms with Gasteiger partial charge in [-0.15, -0.1) is 12.4 Å². The zero-order chi connectivity index (χ0) is 9.97. The van der Waals surface area contributed by atoms with Gasteiger partial charge in [0.2, 0.25) is 0 Å². The molecule has 0 spiro atoms. The number of rotatable bonds is 1. The molecule has 0 amide bonds. The van der Waals surface area contributed by atoms with Gasteiger partial charge in [0.25, 0.3) is 0 Å². The standard InChI is InChI=1S/C11H13ClN2.ClH/c1-14-8-2-3-11(14)13-10-6-4-9(12)5-7-10;/h4-7H,2-3,8H2,1H3;1H. The van der Waals surface area contributed by atoms with Gasteiger partial charge in [-0.25, -0.2) is 4.99 Å². The van der Waals surface area contributed by atoms with Crippen LogP contribution in [0, 0.1) is 0 Å². The molecule has 0 saturated carbocycles. The monoisotopic (exact) mass is 244 g/mol. The lowest BCUT2D eigenvalue weighted by atomic mass is 10.3. The fourth-order valence-electron chi connectivity index (χ4n) is 1.60. The van der Waals surface area contributed by atoms with Crippen LogP contribution < -0.4 is 0 Å². The number of benzene rings is 1. The smallest absolute Gasteiger partial charge is 0.105 e. The molecule has 4 heteroatoms. The average molecular weight is 245 g/mol. The van der Waals surface area contributed by atoms with Crippen molar-refractivity contribution >= 4 is 35.5 Å². The number of amidine groups is 1. The van der Waals surface area contributed by atoms with Gasteiger partial charge in [0.15, 0.2) is 0 Å². The van der Waals surface area contributed by atoms with E-state index in [0.717, 1.165) is 23.7 Å². The first kappa shape index (κ1) is 12.3. The van der Waals surface area contributed by atoms with Gasteiger partial charge >= 0.3 is 0 Å². The Labute approximate surface area is 101 Å². The van der Waals surface area contributed by atoms with E-state index in [1.54, 1.807) is 0 Å². The summed E-state index contributed by atoms with van der Waals surface area (Å²) in [6.07, 6.45) is 2.29. The van der Waals surface area contributed by atoms with Crippen LogP contribution in [-0.4, -0.2) is 24.3 Å². The SMILES string of the molecule is CN1CCCC1=Nc1ccc(Cl)cc1.Cl. The second-order valence-corrected chi connectivity index (χ2v) is 3.97. The van der Waals surface area contributed by atoms with Crippen LogP contribution in [0.25, 0.3) is 0 Å². The van der Waals surface area contributed by atoms with Gasteiger partial charge in [0.1, 0.15) is 5.84 Å². The van der Waals surface area contributed by atoms with Crippen molar-refractivity contribution in [2.24, 2.45) is 4.99 Å². The van der Waals surface area contributed by atoms with Crippen molar-refractivity contribution in [2.45, 2.75) is 12.8 Å². The van der Waals surface area contributed by atoms with E-state index in [-0.39, 0.29) is 12.4 Å². The van der Waals surface area contributed by atoms with Crippen molar-refractivity contribution in [1.82, 2.24) is 4.90 Å². The normalized spacial score (nSPS) is 18.0. The van der Waals surface area contributed by atoms with Gasteiger partial charge in [-0.1, -0.05) is 11.6 Å². The lowest BCUT2D eigenvalue weighted by Crippen LogP contribution is -2.18. The summed E-state index contributed by atoms with van der Waals surface area (Å²) in [4.78, 5) is 6.77. The number of aliphatic imine (C=N–C) groups is 1. The highest BCUT2D eigenvalue weighted by Crippen LogP contribution is 2.19. The summed E-state index contributed by atoms with van der Waals surface area (Å²) in [6, 6.07) is 7.63. The highest BCUT2D eigenvalue weighted by molar-refractivity contribution is 6.30. The Balaban J connectivity index is 0.00000112. The molecule has 0 radical (unpaired) electrons. The Morgan fingerprint density at radius 1 is 1.27 bits per heavy atom. The Hall–Kier alpha value is -0.730. The minimum Gasteiger partial charge on any atom is -0.363 e. The average Bonchev–Trinajstić information content (AvgIpc) is 2.56. The molecule has 1 saturated heterocycles. The molecule has 1 aliphatic rings. The molecule has 1 fully saturated rings. The molecule has 0 bridgehead atoms. The van der Waals surface area contributed by atoms with Crippen LogP contribution in [0.3, 0.4) is 0 Å². The second kappa shape index (κ2) is 5.38. The van der Waals surface area contributed by atoms with E-state index in [1.165, 1.54) is 12.3 Å². The zero-order valence-electron chi connectivity index (χ0n) is 8.61. The fourth-order valence-corrected chi connectivity index (χ4v) is 1.73. The molecule has 2 nitrogen and oxygen atoms in total. The molecule has 0 aliphatic carbocycles. The molecule has 2 rings (SSSR count). The topological polar surface area (TPSA) is 15.6 Å². The molecule has 15 heavy (non-hydrogen) atoms. The number of nitrogens with zero attached hydrogens (tertiary/aromatic N) is 2. The van der Waals surface area contributed by atoms with Gasteiger partial charge < -0.3 is 4.90 Å². The van der Waals surface area contributed by atoms with Gasteiger partial charge in [-0.05, 0) is 30.7 Å². The Morgan fingerprint density at radius 2 is 1.93 bits per heavy atom. The van der Waals surface area contributed by atoms with E-state index in [0.29, 0.717) is 0 Å². The predicted octanol–water partition coefficient (Wildman–Crippen LogP) is 3.52. The summed E-state index contributed by atoms with van der Waals surface area (Å²) in [6.45, 7) is 1.12. The van der Waals surface area contributed by atoms with Crippen molar-refractivity contribution in [3.05, 3.63) is 29.3 Å². The summed E-state index contributed by atoms with van der Waals surface area (Å²) < 4.78 is 0. The van der Waals surface area contributed by atoms with Crippen LogP contribution in [0.5, 0.6) is 0 Å². The summed E-state index contributed by atoms with van der Waals surface area (Å²) >= 11 is 5.80. The third kappa shape index (κ3) is 3.11. The van der Waals surface area contributed by atoms with Crippen LogP contribution in [0.2, 0.25) is 5.02 Å². The van der Waals surface area contributed by atoms with E-state index >= 15 is 0 Å². The van der Waals surface area contributed by atoms with Crippen molar-refractivity contribution in [3.8, 4) is 0 Å². The van der Waals surface area contributed by atoms with Gasteiger partial charge in [-0.2, -0.15) is 0 Å². The lowest BCUT2D eigenvalue weighted by Gasteiger charge is -2.10. The Bertz CT molecular complexity index is 346. The predicted molar refractivity (Wildman–Crippen MR) is 67.7 cm³/mol. The first-order chi connectivity index (χ1) is 6.75. The van der Waals surface area contributed by atoms with Crippen molar-refractivity contribution < 1.29 is 0 Å². The Morgan fingerprint density at radius 3 is 2.47 bits per heavy atom.